The minimum Gasteiger partial charge on any atom is -0.497 e. The van der Waals surface area contributed by atoms with Crippen LogP contribution in [0.2, 0.25) is 0 Å². The molecule has 1 N–H and O–H groups in total. The summed E-state index contributed by atoms with van der Waals surface area (Å²) in [6, 6.07) is 7.95. The monoisotopic (exact) mass is 272 g/mol. The van der Waals surface area contributed by atoms with Crippen molar-refractivity contribution in [3.05, 3.63) is 36.2 Å². The zero-order valence-electron chi connectivity index (χ0n) is 10.5. The Labute approximate surface area is 114 Å². The number of rotatable bonds is 3. The predicted molar refractivity (Wildman–Crippen MR) is 73.5 cm³/mol. The van der Waals surface area contributed by atoms with E-state index in [-0.39, 0.29) is 0 Å². The Morgan fingerprint density at radius 2 is 2.16 bits per heavy atom. The van der Waals surface area contributed by atoms with E-state index < -0.39 is 0 Å². The van der Waals surface area contributed by atoms with Crippen molar-refractivity contribution in [1.82, 2.24) is 20.2 Å². The van der Waals surface area contributed by atoms with Crippen LogP contribution in [0.3, 0.4) is 0 Å². The fraction of sp³-hybridized carbons (Fsp3) is 0.154. The maximum absolute atomic E-state index is 5.22. The third-order valence-electron chi connectivity index (χ3n) is 2.75. The average molecular weight is 272 g/mol. The minimum absolute atomic E-state index is 0.739. The second-order valence-corrected chi connectivity index (χ2v) is 5.04. The summed E-state index contributed by atoms with van der Waals surface area (Å²) in [5.74, 6) is 0.837. The molecule has 0 radical (unpaired) electrons. The van der Waals surface area contributed by atoms with Crippen molar-refractivity contribution < 1.29 is 4.74 Å². The van der Waals surface area contributed by atoms with Gasteiger partial charge in [0, 0.05) is 5.39 Å². The van der Waals surface area contributed by atoms with E-state index in [1.807, 2.05) is 25.1 Å². The second kappa shape index (κ2) is 4.89. The van der Waals surface area contributed by atoms with Crippen LogP contribution in [0.1, 0.15) is 5.56 Å². The van der Waals surface area contributed by atoms with Crippen molar-refractivity contribution in [2.75, 3.05) is 7.11 Å². The Bertz CT molecular complexity index is 712. The van der Waals surface area contributed by atoms with Crippen molar-refractivity contribution >= 4 is 22.7 Å². The quantitative estimate of drug-likeness (QED) is 0.794. The van der Waals surface area contributed by atoms with Gasteiger partial charge in [-0.2, -0.15) is 5.10 Å². The summed E-state index contributed by atoms with van der Waals surface area (Å²) in [6.07, 6.45) is 1.49. The molecular weight excluding hydrogens is 260 g/mol. The first-order valence-corrected chi connectivity index (χ1v) is 6.56. The van der Waals surface area contributed by atoms with E-state index in [2.05, 4.69) is 26.2 Å². The standard InChI is InChI=1S/C13H12N4OS/c1-8-5-9-6-10(18-2)3-4-11(9)16-12(8)19-13-14-7-15-17-13/h3-7H,1-2H3,(H,14,15,17). The number of aryl methyl sites for hydroxylation is 1. The molecule has 0 aliphatic heterocycles. The van der Waals surface area contributed by atoms with Gasteiger partial charge < -0.3 is 4.74 Å². The van der Waals surface area contributed by atoms with Gasteiger partial charge in [-0.3, -0.25) is 5.10 Å². The number of nitrogens with zero attached hydrogens (tertiary/aromatic N) is 3. The first-order valence-electron chi connectivity index (χ1n) is 5.75. The minimum atomic E-state index is 0.739. The molecule has 0 fully saturated rings. The van der Waals surface area contributed by atoms with Crippen LogP contribution in [-0.2, 0) is 0 Å². The third kappa shape index (κ3) is 2.39. The molecule has 5 nitrogen and oxygen atoms in total. The Hall–Kier alpha value is -2.08. The van der Waals surface area contributed by atoms with Gasteiger partial charge in [-0.05, 0) is 48.5 Å². The lowest BCUT2D eigenvalue weighted by molar-refractivity contribution is 0.415. The van der Waals surface area contributed by atoms with Crippen LogP contribution >= 0.6 is 11.8 Å². The van der Waals surface area contributed by atoms with E-state index >= 15 is 0 Å². The van der Waals surface area contributed by atoms with Crippen LogP contribution in [0.25, 0.3) is 10.9 Å². The number of pyridine rings is 1. The summed E-state index contributed by atoms with van der Waals surface area (Å²) in [7, 11) is 1.66. The number of nitrogens with one attached hydrogen (secondary N) is 1. The molecule has 96 valence electrons. The number of benzene rings is 1. The van der Waals surface area contributed by atoms with Crippen LogP contribution in [0.5, 0.6) is 5.75 Å². The molecule has 6 heteroatoms. The fourth-order valence-corrected chi connectivity index (χ4v) is 2.55. The Morgan fingerprint density at radius 1 is 1.26 bits per heavy atom. The van der Waals surface area contributed by atoms with Crippen LogP contribution in [0.15, 0.2) is 40.8 Å². The van der Waals surface area contributed by atoms with E-state index in [4.69, 9.17) is 4.74 Å². The molecule has 3 aromatic rings. The van der Waals surface area contributed by atoms with Gasteiger partial charge in [0.15, 0.2) is 5.16 Å². The van der Waals surface area contributed by atoms with E-state index in [9.17, 15) is 0 Å². The Balaban J connectivity index is 2.04. The third-order valence-corrected chi connectivity index (χ3v) is 3.75. The summed E-state index contributed by atoms with van der Waals surface area (Å²) in [4.78, 5) is 8.74. The lowest BCUT2D eigenvalue weighted by Crippen LogP contribution is -1.90. The number of hydrogen-bond donors (Lipinski definition) is 1. The second-order valence-electron chi connectivity index (χ2n) is 4.06. The summed E-state index contributed by atoms with van der Waals surface area (Å²) < 4.78 is 5.22. The highest BCUT2D eigenvalue weighted by Gasteiger charge is 2.08. The highest BCUT2D eigenvalue weighted by atomic mass is 32.2. The summed E-state index contributed by atoms with van der Waals surface area (Å²) >= 11 is 1.47. The topological polar surface area (TPSA) is 63.7 Å². The smallest absolute Gasteiger partial charge is 0.189 e. The maximum Gasteiger partial charge on any atom is 0.189 e. The van der Waals surface area contributed by atoms with Gasteiger partial charge in [-0.15, -0.1) is 0 Å². The normalized spacial score (nSPS) is 10.8. The summed E-state index contributed by atoms with van der Waals surface area (Å²) in [6.45, 7) is 2.03. The van der Waals surface area contributed by atoms with Gasteiger partial charge in [0.1, 0.15) is 17.1 Å². The zero-order valence-corrected chi connectivity index (χ0v) is 11.4. The van der Waals surface area contributed by atoms with Gasteiger partial charge >= 0.3 is 0 Å². The molecule has 19 heavy (non-hydrogen) atoms. The number of hydrogen-bond acceptors (Lipinski definition) is 5. The molecule has 2 aromatic heterocycles. The molecule has 0 atom stereocenters. The van der Waals surface area contributed by atoms with Gasteiger partial charge in [-0.25, -0.2) is 9.97 Å². The highest BCUT2D eigenvalue weighted by Crippen LogP contribution is 2.29. The molecule has 1 aromatic carbocycles. The molecule has 0 saturated carbocycles. The van der Waals surface area contributed by atoms with Gasteiger partial charge in [-0.1, -0.05) is 0 Å². The first-order chi connectivity index (χ1) is 9.26. The number of fused-ring (bicyclic) bond motifs is 1. The first kappa shape index (κ1) is 12.0. The van der Waals surface area contributed by atoms with Crippen molar-refractivity contribution in [1.29, 1.82) is 0 Å². The largest absolute Gasteiger partial charge is 0.497 e. The van der Waals surface area contributed by atoms with Crippen LogP contribution in [0.4, 0.5) is 0 Å². The summed E-state index contributed by atoms with van der Waals surface area (Å²) in [5.41, 5.74) is 2.04. The Kier molecular flexibility index (Phi) is 3.08. The SMILES string of the molecule is COc1ccc2nc(Sc3ncn[nH]3)c(C)cc2c1. The van der Waals surface area contributed by atoms with Crippen molar-refractivity contribution in [2.45, 2.75) is 17.1 Å². The van der Waals surface area contributed by atoms with E-state index in [0.29, 0.717) is 0 Å². The number of methoxy groups -OCH3 is 1. The van der Waals surface area contributed by atoms with Crippen LogP contribution in [-0.4, -0.2) is 27.3 Å². The Morgan fingerprint density at radius 3 is 2.89 bits per heavy atom. The number of ether oxygens (including phenoxy) is 1. The van der Waals surface area contributed by atoms with Crippen molar-refractivity contribution in [3.63, 3.8) is 0 Å². The highest BCUT2D eigenvalue weighted by molar-refractivity contribution is 7.99. The van der Waals surface area contributed by atoms with E-state index in [0.717, 1.165) is 32.4 Å². The molecule has 0 aliphatic carbocycles. The molecule has 0 bridgehead atoms. The number of H-pyrrole nitrogens is 1. The van der Waals surface area contributed by atoms with E-state index in [1.165, 1.54) is 18.1 Å². The van der Waals surface area contributed by atoms with Gasteiger partial charge in [0.25, 0.3) is 0 Å². The lowest BCUT2D eigenvalue weighted by atomic mass is 10.1. The van der Waals surface area contributed by atoms with E-state index in [1.54, 1.807) is 7.11 Å². The molecule has 2 heterocycles. The fourth-order valence-electron chi connectivity index (χ4n) is 1.81. The molecule has 0 amide bonds. The average Bonchev–Trinajstić information content (AvgIpc) is 2.92. The summed E-state index contributed by atoms with van der Waals surface area (Å²) in [5, 5.41) is 9.39. The van der Waals surface area contributed by atoms with Crippen LogP contribution < -0.4 is 4.74 Å². The van der Waals surface area contributed by atoms with Gasteiger partial charge in [0.2, 0.25) is 0 Å². The molecule has 3 rings (SSSR count). The van der Waals surface area contributed by atoms with Gasteiger partial charge in [0.05, 0.1) is 12.6 Å². The number of aromatic amines is 1. The maximum atomic E-state index is 5.22. The predicted octanol–water partition coefficient (Wildman–Crippen LogP) is 2.82. The molecule has 0 saturated heterocycles. The number of aromatic nitrogens is 4. The van der Waals surface area contributed by atoms with Crippen LogP contribution in [0, 0.1) is 6.92 Å². The zero-order chi connectivity index (χ0) is 13.2. The molecule has 0 spiro atoms. The molecule has 0 aliphatic rings. The molecular formula is C13H12N4OS. The lowest BCUT2D eigenvalue weighted by Gasteiger charge is -2.06. The molecule has 0 unspecified atom stereocenters. The van der Waals surface area contributed by atoms with Crippen molar-refractivity contribution in [2.24, 2.45) is 0 Å². The van der Waals surface area contributed by atoms with Crippen molar-refractivity contribution in [3.8, 4) is 5.75 Å².